The molecule has 2 heterocycles. The van der Waals surface area contributed by atoms with Crippen LogP contribution in [-0.4, -0.2) is 19.4 Å². The van der Waals surface area contributed by atoms with E-state index in [2.05, 4.69) is 44.5 Å². The molecule has 0 aliphatic carbocycles. The van der Waals surface area contributed by atoms with Gasteiger partial charge in [0.25, 0.3) is 0 Å². The summed E-state index contributed by atoms with van der Waals surface area (Å²) in [5.74, 6) is 0.344. The molecule has 0 aliphatic rings. The molecule has 2 aromatic rings. The van der Waals surface area contributed by atoms with Crippen molar-refractivity contribution in [2.24, 2.45) is 12.8 Å². The lowest BCUT2D eigenvalue weighted by Crippen LogP contribution is -2.16. The van der Waals surface area contributed by atoms with Crippen LogP contribution in [0.2, 0.25) is 0 Å². The van der Waals surface area contributed by atoms with E-state index in [9.17, 15) is 0 Å². The third-order valence-electron chi connectivity index (χ3n) is 3.10. The Balaban J connectivity index is 2.26. The average molecular weight is 344 g/mol. The van der Waals surface area contributed by atoms with Crippen molar-refractivity contribution in [1.82, 2.24) is 19.4 Å². The van der Waals surface area contributed by atoms with Crippen molar-refractivity contribution < 1.29 is 0 Å². The Morgan fingerprint density at radius 3 is 2.63 bits per heavy atom. The van der Waals surface area contributed by atoms with Gasteiger partial charge in [-0.1, -0.05) is 18.3 Å². The van der Waals surface area contributed by atoms with Crippen molar-refractivity contribution in [2.75, 3.05) is 0 Å². The van der Waals surface area contributed by atoms with Gasteiger partial charge in [0.2, 0.25) is 0 Å². The quantitative estimate of drug-likeness (QED) is 0.926. The molecular weight excluding hydrogens is 326 g/mol. The fourth-order valence-corrected chi connectivity index (χ4v) is 3.37. The van der Waals surface area contributed by atoms with Crippen LogP contribution >= 0.6 is 27.5 Å². The molecule has 0 fully saturated rings. The predicted octanol–water partition coefficient (Wildman–Crippen LogP) is 2.71. The van der Waals surface area contributed by atoms with Gasteiger partial charge >= 0.3 is 0 Å². The summed E-state index contributed by atoms with van der Waals surface area (Å²) in [5, 5.41) is 8.57. The van der Waals surface area contributed by atoms with Crippen molar-refractivity contribution in [1.29, 1.82) is 0 Å². The SMILES string of the molecule is Cc1nn(C)c(CC(N)c2snnc2C(C)C)c1Br. The van der Waals surface area contributed by atoms with Crippen molar-refractivity contribution in [3.05, 3.63) is 26.4 Å². The van der Waals surface area contributed by atoms with E-state index >= 15 is 0 Å². The molecule has 0 radical (unpaired) electrons. The van der Waals surface area contributed by atoms with Crippen LogP contribution in [0.1, 0.15) is 47.8 Å². The Kier molecular flexibility index (Phi) is 4.37. The predicted molar refractivity (Wildman–Crippen MR) is 80.3 cm³/mol. The number of aromatic nitrogens is 4. The molecule has 2 N–H and O–H groups in total. The fourth-order valence-electron chi connectivity index (χ4n) is 2.06. The normalized spacial score (nSPS) is 13.2. The van der Waals surface area contributed by atoms with Crippen LogP contribution in [0.3, 0.4) is 0 Å². The average Bonchev–Trinajstić information content (AvgIpc) is 2.90. The zero-order chi connectivity index (χ0) is 14.2. The molecule has 0 aliphatic heterocycles. The van der Waals surface area contributed by atoms with E-state index in [0.717, 1.165) is 32.9 Å². The first kappa shape index (κ1) is 14.6. The molecule has 0 amide bonds. The summed E-state index contributed by atoms with van der Waals surface area (Å²) in [5.41, 5.74) is 9.42. The van der Waals surface area contributed by atoms with Gasteiger partial charge in [0.1, 0.15) is 0 Å². The van der Waals surface area contributed by atoms with Crippen LogP contribution in [0.25, 0.3) is 0 Å². The maximum absolute atomic E-state index is 6.33. The number of nitrogens with two attached hydrogens (primary N) is 1. The monoisotopic (exact) mass is 343 g/mol. The molecule has 7 heteroatoms. The number of nitrogens with zero attached hydrogens (tertiary/aromatic N) is 4. The summed E-state index contributed by atoms with van der Waals surface area (Å²) in [6, 6.07) is -0.0940. The fraction of sp³-hybridized carbons (Fsp3) is 0.583. The first-order chi connectivity index (χ1) is 8.91. The van der Waals surface area contributed by atoms with Crippen LogP contribution in [0.15, 0.2) is 4.47 Å². The number of rotatable bonds is 4. The van der Waals surface area contributed by atoms with Crippen LogP contribution in [0, 0.1) is 6.92 Å². The number of aryl methyl sites for hydroxylation is 2. The number of halogens is 1. The minimum Gasteiger partial charge on any atom is -0.323 e. The Bertz CT molecular complexity index is 575. The molecule has 19 heavy (non-hydrogen) atoms. The highest BCUT2D eigenvalue weighted by Crippen LogP contribution is 2.29. The third-order valence-corrected chi connectivity index (χ3v) is 5.00. The second-order valence-electron chi connectivity index (χ2n) is 4.96. The molecule has 0 aromatic carbocycles. The molecule has 2 aromatic heterocycles. The molecule has 0 bridgehead atoms. The first-order valence-corrected chi connectivity index (χ1v) is 7.74. The molecule has 2 rings (SSSR count). The number of hydrogen-bond acceptors (Lipinski definition) is 5. The highest BCUT2D eigenvalue weighted by atomic mass is 79.9. The van der Waals surface area contributed by atoms with E-state index in [1.165, 1.54) is 11.5 Å². The summed E-state index contributed by atoms with van der Waals surface area (Å²) in [7, 11) is 1.94. The summed E-state index contributed by atoms with van der Waals surface area (Å²) in [6.07, 6.45) is 0.724. The smallest absolute Gasteiger partial charge is 0.0829 e. The minimum absolute atomic E-state index is 0.0940. The molecule has 5 nitrogen and oxygen atoms in total. The summed E-state index contributed by atoms with van der Waals surface area (Å²) < 4.78 is 6.95. The highest BCUT2D eigenvalue weighted by Gasteiger charge is 2.21. The Hall–Kier alpha value is -0.790. The van der Waals surface area contributed by atoms with E-state index in [0.29, 0.717) is 5.92 Å². The standard InChI is InChI=1S/C12H18BrN5S/c1-6(2)11-12(19-17-15-11)8(14)5-9-10(13)7(3)16-18(9)4/h6,8H,5,14H2,1-4H3. The van der Waals surface area contributed by atoms with Gasteiger partial charge in [-0.15, -0.1) is 5.10 Å². The zero-order valence-corrected chi connectivity index (χ0v) is 13.9. The van der Waals surface area contributed by atoms with Gasteiger partial charge in [0.05, 0.1) is 26.4 Å². The molecule has 1 atom stereocenters. The van der Waals surface area contributed by atoms with Crippen LogP contribution in [-0.2, 0) is 13.5 Å². The van der Waals surface area contributed by atoms with Crippen molar-refractivity contribution in [3.8, 4) is 0 Å². The van der Waals surface area contributed by atoms with E-state index < -0.39 is 0 Å². The Labute approximate surface area is 125 Å². The van der Waals surface area contributed by atoms with Gasteiger partial charge in [-0.2, -0.15) is 5.10 Å². The lowest BCUT2D eigenvalue weighted by atomic mass is 10.0. The molecule has 0 saturated carbocycles. The summed E-state index contributed by atoms with van der Waals surface area (Å²) in [6.45, 7) is 6.20. The molecule has 104 valence electrons. The Morgan fingerprint density at radius 1 is 1.42 bits per heavy atom. The third kappa shape index (κ3) is 2.88. The topological polar surface area (TPSA) is 69.6 Å². The lowest BCUT2D eigenvalue weighted by molar-refractivity contribution is 0.634. The molecule has 1 unspecified atom stereocenters. The van der Waals surface area contributed by atoms with Gasteiger partial charge in [-0.25, -0.2) is 0 Å². The number of hydrogen-bond donors (Lipinski definition) is 1. The first-order valence-electron chi connectivity index (χ1n) is 6.17. The van der Waals surface area contributed by atoms with Gasteiger partial charge < -0.3 is 5.73 Å². The second kappa shape index (κ2) is 5.68. The van der Waals surface area contributed by atoms with Crippen LogP contribution < -0.4 is 5.73 Å². The molecule has 0 spiro atoms. The Morgan fingerprint density at radius 2 is 2.11 bits per heavy atom. The van der Waals surface area contributed by atoms with E-state index in [1.807, 2.05) is 18.7 Å². The van der Waals surface area contributed by atoms with Crippen molar-refractivity contribution in [2.45, 2.75) is 39.2 Å². The zero-order valence-electron chi connectivity index (χ0n) is 11.5. The summed E-state index contributed by atoms with van der Waals surface area (Å²) >= 11 is 4.97. The minimum atomic E-state index is -0.0940. The largest absolute Gasteiger partial charge is 0.323 e. The molecule has 0 saturated heterocycles. The van der Waals surface area contributed by atoms with Gasteiger partial charge in [-0.05, 0) is 40.3 Å². The van der Waals surface area contributed by atoms with Crippen molar-refractivity contribution >= 4 is 27.5 Å². The molecular formula is C12H18BrN5S. The van der Waals surface area contributed by atoms with Gasteiger partial charge in [0, 0.05) is 19.5 Å². The highest BCUT2D eigenvalue weighted by molar-refractivity contribution is 9.10. The maximum Gasteiger partial charge on any atom is 0.0829 e. The van der Waals surface area contributed by atoms with Crippen LogP contribution in [0.4, 0.5) is 0 Å². The van der Waals surface area contributed by atoms with Crippen LogP contribution in [0.5, 0.6) is 0 Å². The maximum atomic E-state index is 6.33. The van der Waals surface area contributed by atoms with E-state index in [-0.39, 0.29) is 6.04 Å². The van der Waals surface area contributed by atoms with Crippen molar-refractivity contribution in [3.63, 3.8) is 0 Å². The summed E-state index contributed by atoms with van der Waals surface area (Å²) in [4.78, 5) is 1.07. The second-order valence-corrected chi connectivity index (χ2v) is 6.54. The lowest BCUT2D eigenvalue weighted by Gasteiger charge is -2.12. The van der Waals surface area contributed by atoms with Gasteiger partial charge in [-0.3, -0.25) is 4.68 Å². The van der Waals surface area contributed by atoms with E-state index in [1.54, 1.807) is 0 Å². The van der Waals surface area contributed by atoms with E-state index in [4.69, 9.17) is 5.73 Å². The van der Waals surface area contributed by atoms with Gasteiger partial charge in [0.15, 0.2) is 0 Å².